The van der Waals surface area contributed by atoms with Crippen LogP contribution in [0, 0.1) is 11.3 Å². The second-order valence-corrected chi connectivity index (χ2v) is 6.01. The van der Waals surface area contributed by atoms with Crippen molar-refractivity contribution in [2.45, 2.75) is 18.8 Å². The van der Waals surface area contributed by atoms with Gasteiger partial charge in [0.1, 0.15) is 6.07 Å². The number of benzene rings is 1. The number of alkyl halides is 3. The molecular formula is C17H16F3N5. The van der Waals surface area contributed by atoms with E-state index in [4.69, 9.17) is 5.26 Å². The third-order valence-corrected chi connectivity index (χ3v) is 4.26. The lowest BCUT2D eigenvalue weighted by atomic mass is 10.1. The summed E-state index contributed by atoms with van der Waals surface area (Å²) < 4.78 is 38.4. The lowest BCUT2D eigenvalue weighted by Crippen LogP contribution is -2.58. The van der Waals surface area contributed by atoms with Crippen molar-refractivity contribution in [3.05, 3.63) is 53.5 Å². The van der Waals surface area contributed by atoms with E-state index in [-0.39, 0.29) is 11.7 Å². The van der Waals surface area contributed by atoms with E-state index in [1.54, 1.807) is 6.07 Å². The van der Waals surface area contributed by atoms with E-state index < -0.39 is 11.7 Å². The Morgan fingerprint density at radius 3 is 2.68 bits per heavy atom. The first-order valence-electron chi connectivity index (χ1n) is 7.71. The van der Waals surface area contributed by atoms with E-state index in [9.17, 15) is 13.2 Å². The summed E-state index contributed by atoms with van der Waals surface area (Å²) in [7, 11) is 1.88. The predicted molar refractivity (Wildman–Crippen MR) is 85.7 cm³/mol. The molecule has 0 aliphatic carbocycles. The Kier molecular flexibility index (Phi) is 4.59. The van der Waals surface area contributed by atoms with Crippen LogP contribution in [0.3, 0.4) is 0 Å². The molecule has 5 nitrogen and oxygen atoms in total. The molecule has 0 bridgehead atoms. The number of likely N-dealkylation sites (N-methyl/N-ethyl adjacent to an activating group) is 1. The van der Waals surface area contributed by atoms with Gasteiger partial charge in [0.25, 0.3) is 0 Å². The molecule has 1 saturated heterocycles. The summed E-state index contributed by atoms with van der Waals surface area (Å²) in [6.45, 7) is 1.74. The first-order valence-corrected chi connectivity index (χ1v) is 7.71. The van der Waals surface area contributed by atoms with Gasteiger partial charge in [-0.2, -0.15) is 18.4 Å². The van der Waals surface area contributed by atoms with Crippen LogP contribution in [0.4, 0.5) is 19.0 Å². The molecule has 1 aromatic heterocycles. The van der Waals surface area contributed by atoms with Gasteiger partial charge < -0.3 is 4.90 Å². The molecule has 2 aromatic rings. The van der Waals surface area contributed by atoms with Crippen LogP contribution in [0.2, 0.25) is 0 Å². The minimum atomic E-state index is -4.33. The molecule has 130 valence electrons. The van der Waals surface area contributed by atoms with Gasteiger partial charge in [-0.1, -0.05) is 18.2 Å². The Morgan fingerprint density at radius 1 is 1.28 bits per heavy atom. The van der Waals surface area contributed by atoms with Gasteiger partial charge in [-0.25, -0.2) is 9.97 Å². The topological polar surface area (TPSA) is 56.1 Å². The summed E-state index contributed by atoms with van der Waals surface area (Å²) in [5, 5.41) is 9.07. The average Bonchev–Trinajstić information content (AvgIpc) is 2.53. The third kappa shape index (κ3) is 3.72. The fourth-order valence-corrected chi connectivity index (χ4v) is 2.81. The molecule has 2 heterocycles. The van der Waals surface area contributed by atoms with Crippen molar-refractivity contribution in [3.8, 4) is 6.07 Å². The zero-order chi connectivity index (χ0) is 18.0. The first-order chi connectivity index (χ1) is 11.9. The van der Waals surface area contributed by atoms with Crippen LogP contribution in [0.15, 0.2) is 36.7 Å². The number of halogens is 3. The minimum Gasteiger partial charge on any atom is -0.351 e. The van der Waals surface area contributed by atoms with Crippen LogP contribution >= 0.6 is 0 Å². The van der Waals surface area contributed by atoms with Gasteiger partial charge in [-0.3, -0.25) is 4.90 Å². The lowest BCUT2D eigenvalue weighted by Gasteiger charge is -2.44. The van der Waals surface area contributed by atoms with Crippen molar-refractivity contribution in [2.75, 3.05) is 25.0 Å². The summed E-state index contributed by atoms with van der Waals surface area (Å²) in [5.41, 5.74) is 0.265. The molecule has 8 heteroatoms. The van der Waals surface area contributed by atoms with Crippen LogP contribution in [0.5, 0.6) is 0 Å². The highest BCUT2D eigenvalue weighted by atomic mass is 19.4. The van der Waals surface area contributed by atoms with Gasteiger partial charge >= 0.3 is 6.18 Å². The van der Waals surface area contributed by atoms with Crippen molar-refractivity contribution in [2.24, 2.45) is 0 Å². The van der Waals surface area contributed by atoms with E-state index in [0.29, 0.717) is 31.0 Å². The zero-order valence-electron chi connectivity index (χ0n) is 13.5. The molecule has 1 fully saturated rings. The van der Waals surface area contributed by atoms with E-state index in [2.05, 4.69) is 9.97 Å². The molecule has 1 aliphatic heterocycles. The summed E-state index contributed by atoms with van der Waals surface area (Å²) in [6, 6.07) is 7.58. The predicted octanol–water partition coefficient (Wildman–Crippen LogP) is 2.69. The standard InChI is InChI=1S/C17H16F3N5/c1-24(9-12-3-2-4-13(7-12)17(18,19)20)14-10-25(11-14)16-15(8-21)22-5-6-23-16/h2-7,14H,9-11H2,1H3. The van der Waals surface area contributed by atoms with Crippen molar-refractivity contribution in [3.63, 3.8) is 0 Å². The normalized spacial score (nSPS) is 15.1. The van der Waals surface area contributed by atoms with Gasteiger partial charge in [0, 0.05) is 38.1 Å². The maximum Gasteiger partial charge on any atom is 0.416 e. The molecule has 0 radical (unpaired) electrons. The highest BCUT2D eigenvalue weighted by molar-refractivity contribution is 5.51. The third-order valence-electron chi connectivity index (χ3n) is 4.26. The number of anilines is 1. The van der Waals surface area contributed by atoms with E-state index in [1.807, 2.05) is 22.9 Å². The number of nitriles is 1. The Bertz CT molecular complexity index is 793. The molecule has 3 rings (SSSR count). The molecule has 1 aliphatic rings. The van der Waals surface area contributed by atoms with Crippen molar-refractivity contribution < 1.29 is 13.2 Å². The molecule has 25 heavy (non-hydrogen) atoms. The SMILES string of the molecule is CN(Cc1cccc(C(F)(F)F)c1)C1CN(c2nccnc2C#N)C1. The van der Waals surface area contributed by atoms with Crippen molar-refractivity contribution in [1.82, 2.24) is 14.9 Å². The van der Waals surface area contributed by atoms with Gasteiger partial charge in [0.15, 0.2) is 11.5 Å². The minimum absolute atomic E-state index is 0.183. The monoisotopic (exact) mass is 347 g/mol. The molecule has 0 amide bonds. The molecule has 0 N–H and O–H groups in total. The van der Waals surface area contributed by atoms with Crippen molar-refractivity contribution in [1.29, 1.82) is 5.26 Å². The number of rotatable bonds is 4. The fourth-order valence-electron chi connectivity index (χ4n) is 2.81. The second kappa shape index (κ2) is 6.69. The highest BCUT2D eigenvalue weighted by Gasteiger charge is 2.33. The van der Waals surface area contributed by atoms with Crippen LogP contribution in [-0.4, -0.2) is 41.0 Å². The van der Waals surface area contributed by atoms with Gasteiger partial charge in [0.2, 0.25) is 0 Å². The molecular weight excluding hydrogens is 331 g/mol. The Hall–Kier alpha value is -2.66. The molecule has 0 atom stereocenters. The van der Waals surface area contributed by atoms with E-state index >= 15 is 0 Å². The van der Waals surface area contributed by atoms with Gasteiger partial charge in [-0.15, -0.1) is 0 Å². The lowest BCUT2D eigenvalue weighted by molar-refractivity contribution is -0.137. The Labute approximate surface area is 143 Å². The maximum absolute atomic E-state index is 12.8. The summed E-state index contributed by atoms with van der Waals surface area (Å²) >= 11 is 0. The van der Waals surface area contributed by atoms with Crippen LogP contribution in [0.1, 0.15) is 16.8 Å². The zero-order valence-corrected chi connectivity index (χ0v) is 13.5. The number of aromatic nitrogens is 2. The van der Waals surface area contributed by atoms with Gasteiger partial charge in [0.05, 0.1) is 5.56 Å². The van der Waals surface area contributed by atoms with Crippen LogP contribution < -0.4 is 4.90 Å². The molecule has 0 unspecified atom stereocenters. The maximum atomic E-state index is 12.8. The first kappa shape index (κ1) is 17.2. The molecule has 0 saturated carbocycles. The summed E-state index contributed by atoms with van der Waals surface area (Å²) in [5.74, 6) is 0.550. The second-order valence-electron chi connectivity index (χ2n) is 6.01. The molecule has 0 spiro atoms. The average molecular weight is 347 g/mol. The summed E-state index contributed by atoms with van der Waals surface area (Å²) in [6.07, 6.45) is -1.32. The quantitative estimate of drug-likeness (QED) is 0.851. The number of hydrogen-bond acceptors (Lipinski definition) is 5. The number of hydrogen-bond donors (Lipinski definition) is 0. The van der Waals surface area contributed by atoms with E-state index in [0.717, 1.165) is 6.07 Å². The van der Waals surface area contributed by atoms with Crippen LogP contribution in [-0.2, 0) is 12.7 Å². The molecule has 1 aromatic carbocycles. The fraction of sp³-hybridized carbons (Fsp3) is 0.353. The Balaban J connectivity index is 1.61. The van der Waals surface area contributed by atoms with Gasteiger partial charge in [-0.05, 0) is 18.7 Å². The number of nitrogens with zero attached hydrogens (tertiary/aromatic N) is 5. The van der Waals surface area contributed by atoms with Crippen LogP contribution in [0.25, 0.3) is 0 Å². The largest absolute Gasteiger partial charge is 0.416 e. The smallest absolute Gasteiger partial charge is 0.351 e. The highest BCUT2D eigenvalue weighted by Crippen LogP contribution is 2.30. The van der Waals surface area contributed by atoms with Crippen molar-refractivity contribution >= 4 is 5.82 Å². The summed E-state index contributed by atoms with van der Waals surface area (Å²) in [4.78, 5) is 12.1. The van der Waals surface area contributed by atoms with E-state index in [1.165, 1.54) is 24.5 Å². The Morgan fingerprint density at radius 2 is 2.00 bits per heavy atom.